The van der Waals surface area contributed by atoms with Gasteiger partial charge in [-0.15, -0.1) is 0 Å². The van der Waals surface area contributed by atoms with Crippen LogP contribution in [0.15, 0.2) is 53.6 Å². The molecule has 9 heteroatoms. The minimum Gasteiger partial charge on any atom is -0.340 e. The molecule has 3 N–H and O–H groups in total. The highest BCUT2D eigenvalue weighted by atomic mass is 16.2. The number of anilines is 2. The van der Waals surface area contributed by atoms with Crippen LogP contribution in [-0.4, -0.2) is 33.3 Å². The molecule has 3 aromatic rings. The van der Waals surface area contributed by atoms with Crippen molar-refractivity contribution in [2.75, 3.05) is 10.6 Å². The zero-order valence-corrected chi connectivity index (χ0v) is 17.1. The molecule has 1 aromatic heterocycles. The lowest BCUT2D eigenvalue weighted by atomic mass is 10.1. The first-order valence-corrected chi connectivity index (χ1v) is 10.5. The van der Waals surface area contributed by atoms with E-state index in [1.54, 1.807) is 53.4 Å². The van der Waals surface area contributed by atoms with E-state index in [-0.39, 0.29) is 42.2 Å². The van der Waals surface area contributed by atoms with Crippen LogP contribution >= 0.6 is 0 Å². The van der Waals surface area contributed by atoms with Crippen LogP contribution in [0.4, 0.5) is 11.4 Å². The van der Waals surface area contributed by atoms with Gasteiger partial charge in [0.25, 0.3) is 11.5 Å². The molecule has 1 saturated carbocycles. The molecule has 2 aliphatic rings. The maximum atomic E-state index is 12.7. The first-order chi connectivity index (χ1) is 15.5. The molecule has 1 aliphatic heterocycles. The summed E-state index contributed by atoms with van der Waals surface area (Å²) in [5.74, 6) is -1.05. The minimum absolute atomic E-state index is 0.0199. The number of carbonyl (C=O) groups excluding carboxylic acids is 3. The van der Waals surface area contributed by atoms with Crippen LogP contribution in [-0.2, 0) is 9.59 Å². The standard InChI is InChI=1S/C23H21N5O4/c29-20(10-9-19-22(31)26-18-4-2-1-3-15(18)21(30)27-19)25-13-5-8-17-16(11-13)23(32)28(12-24-17)14-6-7-14/h1-5,8,11-12,14,19H,6-7,9-10H2,(H,25,29)(H,26,31)(H,27,30)/t19-/m0/s1. The Hall–Kier alpha value is -4.01. The summed E-state index contributed by atoms with van der Waals surface area (Å²) in [5, 5.41) is 8.61. The zero-order valence-electron chi connectivity index (χ0n) is 17.1. The van der Waals surface area contributed by atoms with E-state index in [9.17, 15) is 19.2 Å². The van der Waals surface area contributed by atoms with E-state index in [4.69, 9.17) is 0 Å². The summed E-state index contributed by atoms with van der Waals surface area (Å²) in [6.07, 6.45) is 3.68. The number of fused-ring (bicyclic) bond motifs is 2. The second kappa shape index (κ2) is 7.92. The number of hydrogen-bond donors (Lipinski definition) is 3. The van der Waals surface area contributed by atoms with E-state index in [0.717, 1.165) is 12.8 Å². The zero-order chi connectivity index (χ0) is 22.2. The molecule has 1 aliphatic carbocycles. The molecule has 3 amide bonds. The average Bonchev–Trinajstić information content (AvgIpc) is 3.63. The van der Waals surface area contributed by atoms with Gasteiger partial charge in [-0.3, -0.25) is 23.7 Å². The Morgan fingerprint density at radius 2 is 1.94 bits per heavy atom. The highest BCUT2D eigenvalue weighted by Crippen LogP contribution is 2.33. The quantitative estimate of drug-likeness (QED) is 0.572. The Labute approximate surface area is 182 Å². The van der Waals surface area contributed by atoms with E-state index in [1.807, 2.05) is 0 Å². The van der Waals surface area contributed by atoms with Gasteiger partial charge in [0.15, 0.2) is 0 Å². The fourth-order valence-corrected chi connectivity index (χ4v) is 3.84. The Balaban J connectivity index is 1.25. The van der Waals surface area contributed by atoms with Crippen molar-refractivity contribution in [2.24, 2.45) is 0 Å². The van der Waals surface area contributed by atoms with Crippen LogP contribution in [0.25, 0.3) is 10.9 Å². The molecule has 0 saturated heterocycles. The van der Waals surface area contributed by atoms with Gasteiger partial charge in [0.1, 0.15) is 6.04 Å². The van der Waals surface area contributed by atoms with Gasteiger partial charge in [0.2, 0.25) is 11.8 Å². The van der Waals surface area contributed by atoms with Crippen molar-refractivity contribution in [3.63, 3.8) is 0 Å². The summed E-state index contributed by atoms with van der Waals surface area (Å²) in [6, 6.07) is 11.1. The first-order valence-electron chi connectivity index (χ1n) is 10.5. The molecule has 1 atom stereocenters. The summed E-state index contributed by atoms with van der Waals surface area (Å²) >= 11 is 0. The highest BCUT2D eigenvalue weighted by molar-refractivity contribution is 6.10. The predicted octanol–water partition coefficient (Wildman–Crippen LogP) is 2.20. The lowest BCUT2D eigenvalue weighted by molar-refractivity contribution is -0.118. The predicted molar refractivity (Wildman–Crippen MR) is 118 cm³/mol. The largest absolute Gasteiger partial charge is 0.340 e. The lowest BCUT2D eigenvalue weighted by Crippen LogP contribution is -2.41. The van der Waals surface area contributed by atoms with Gasteiger partial charge >= 0.3 is 0 Å². The maximum Gasteiger partial charge on any atom is 0.261 e. The Kier molecular flexibility index (Phi) is 4.93. The molecule has 9 nitrogen and oxygen atoms in total. The Morgan fingerprint density at radius 1 is 1.12 bits per heavy atom. The number of amides is 3. The van der Waals surface area contributed by atoms with Gasteiger partial charge in [-0.2, -0.15) is 0 Å². The van der Waals surface area contributed by atoms with Crippen LogP contribution < -0.4 is 21.5 Å². The van der Waals surface area contributed by atoms with Crippen LogP contribution in [0, 0.1) is 0 Å². The number of hydrogen-bond acceptors (Lipinski definition) is 5. The van der Waals surface area contributed by atoms with E-state index in [2.05, 4.69) is 20.9 Å². The molecule has 2 heterocycles. The number of para-hydroxylation sites is 1. The Bertz CT molecular complexity index is 1310. The van der Waals surface area contributed by atoms with Gasteiger partial charge in [-0.1, -0.05) is 12.1 Å². The number of nitrogens with zero attached hydrogens (tertiary/aromatic N) is 2. The maximum absolute atomic E-state index is 12.7. The lowest BCUT2D eigenvalue weighted by Gasteiger charge is -2.14. The molecular formula is C23H21N5O4. The monoisotopic (exact) mass is 431 g/mol. The summed E-state index contributed by atoms with van der Waals surface area (Å²) in [4.78, 5) is 54.4. The van der Waals surface area contributed by atoms with E-state index in [0.29, 0.717) is 27.8 Å². The van der Waals surface area contributed by atoms with E-state index >= 15 is 0 Å². The number of benzene rings is 2. The van der Waals surface area contributed by atoms with Crippen LogP contribution in [0.5, 0.6) is 0 Å². The molecular weight excluding hydrogens is 410 g/mol. The molecule has 162 valence electrons. The van der Waals surface area contributed by atoms with Crippen molar-refractivity contribution in [1.82, 2.24) is 14.9 Å². The smallest absolute Gasteiger partial charge is 0.261 e. The molecule has 0 bridgehead atoms. The molecule has 2 aromatic carbocycles. The van der Waals surface area contributed by atoms with Gasteiger partial charge in [-0.25, -0.2) is 4.98 Å². The van der Waals surface area contributed by atoms with E-state index < -0.39 is 6.04 Å². The van der Waals surface area contributed by atoms with Crippen molar-refractivity contribution >= 4 is 40.0 Å². The third-order valence-electron chi connectivity index (χ3n) is 5.72. The number of rotatable bonds is 5. The van der Waals surface area contributed by atoms with Crippen molar-refractivity contribution in [3.8, 4) is 0 Å². The van der Waals surface area contributed by atoms with Gasteiger partial charge in [0.05, 0.1) is 28.5 Å². The van der Waals surface area contributed by atoms with Crippen LogP contribution in [0.2, 0.25) is 0 Å². The first kappa shape index (κ1) is 19.9. The second-order valence-corrected chi connectivity index (χ2v) is 8.07. The van der Waals surface area contributed by atoms with Crippen molar-refractivity contribution in [3.05, 3.63) is 64.7 Å². The van der Waals surface area contributed by atoms with Crippen molar-refractivity contribution < 1.29 is 14.4 Å². The van der Waals surface area contributed by atoms with Crippen molar-refractivity contribution in [2.45, 2.75) is 37.8 Å². The fourth-order valence-electron chi connectivity index (χ4n) is 3.84. The number of nitrogens with one attached hydrogen (secondary N) is 3. The third-order valence-corrected chi connectivity index (χ3v) is 5.72. The molecule has 0 radical (unpaired) electrons. The summed E-state index contributed by atoms with van der Waals surface area (Å²) in [7, 11) is 0. The SMILES string of the molecule is O=C(CC[C@@H]1NC(=O)c2ccccc2NC1=O)Nc1ccc2ncn(C3CC3)c(=O)c2c1. The van der Waals surface area contributed by atoms with Crippen LogP contribution in [0.3, 0.4) is 0 Å². The molecule has 0 spiro atoms. The molecule has 1 fully saturated rings. The summed E-state index contributed by atoms with van der Waals surface area (Å²) < 4.78 is 1.64. The Morgan fingerprint density at radius 3 is 2.75 bits per heavy atom. The van der Waals surface area contributed by atoms with Gasteiger partial charge in [-0.05, 0) is 49.6 Å². The number of aromatic nitrogens is 2. The molecule has 5 rings (SSSR count). The fraction of sp³-hybridized carbons (Fsp3) is 0.261. The normalized spacial score (nSPS) is 17.8. The topological polar surface area (TPSA) is 122 Å². The summed E-state index contributed by atoms with van der Waals surface area (Å²) in [6.45, 7) is 0. The van der Waals surface area contributed by atoms with Gasteiger partial charge in [0, 0.05) is 18.2 Å². The average molecular weight is 431 g/mol. The van der Waals surface area contributed by atoms with E-state index in [1.165, 1.54) is 0 Å². The third kappa shape index (κ3) is 3.84. The number of carbonyl (C=O) groups is 3. The minimum atomic E-state index is -0.827. The van der Waals surface area contributed by atoms with Gasteiger partial charge < -0.3 is 16.0 Å². The molecule has 0 unspecified atom stereocenters. The van der Waals surface area contributed by atoms with Crippen LogP contribution in [0.1, 0.15) is 42.1 Å². The van der Waals surface area contributed by atoms with Crippen molar-refractivity contribution in [1.29, 1.82) is 0 Å². The highest BCUT2D eigenvalue weighted by Gasteiger charge is 2.28. The molecule has 32 heavy (non-hydrogen) atoms. The summed E-state index contributed by atoms with van der Waals surface area (Å²) in [5.41, 5.74) is 1.77. The second-order valence-electron chi connectivity index (χ2n) is 8.07.